The first kappa shape index (κ1) is 24.9. The van der Waals surface area contributed by atoms with E-state index in [9.17, 15) is 0 Å². The van der Waals surface area contributed by atoms with E-state index in [-0.39, 0.29) is 6.61 Å². The van der Waals surface area contributed by atoms with Gasteiger partial charge in [-0.1, -0.05) is 12.1 Å². The van der Waals surface area contributed by atoms with Crippen molar-refractivity contribution in [3.63, 3.8) is 0 Å². The maximum Gasteiger partial charge on any atom is 0.245 e. The van der Waals surface area contributed by atoms with Gasteiger partial charge in [-0.3, -0.25) is 0 Å². The largest absolute Gasteiger partial charge is 0.496 e. The normalized spacial score (nSPS) is 14.2. The fourth-order valence-electron chi connectivity index (χ4n) is 4.90. The number of rotatable bonds is 10. The van der Waals surface area contributed by atoms with Gasteiger partial charge >= 0.3 is 0 Å². The van der Waals surface area contributed by atoms with Crippen LogP contribution in [-0.4, -0.2) is 66.7 Å². The standard InChI is InChI=1S/C28H34N6O3/c1-36-26-6-4-3-5-23(26)25-10-8-22-19-30-28(32-34(22)25)31-24-9-7-21(17-27(24)37-2)33-14-11-20(12-15-33)18-29-13-16-35/h3-10,17,19-20,29,35H,11-16,18H2,1-2H3,(H,31,32). The van der Waals surface area contributed by atoms with Crippen molar-refractivity contribution in [2.24, 2.45) is 5.92 Å². The molecule has 3 heterocycles. The molecule has 9 heteroatoms. The summed E-state index contributed by atoms with van der Waals surface area (Å²) in [5.74, 6) is 2.65. The average molecular weight is 503 g/mol. The molecule has 0 amide bonds. The Hall–Kier alpha value is -3.82. The predicted octanol–water partition coefficient (Wildman–Crippen LogP) is 3.96. The number of para-hydroxylation sites is 1. The van der Waals surface area contributed by atoms with E-state index in [0.717, 1.165) is 72.1 Å². The zero-order valence-electron chi connectivity index (χ0n) is 21.4. The molecule has 1 saturated heterocycles. The summed E-state index contributed by atoms with van der Waals surface area (Å²) in [4.78, 5) is 6.92. The van der Waals surface area contributed by atoms with E-state index < -0.39 is 0 Å². The summed E-state index contributed by atoms with van der Waals surface area (Å²) in [5, 5.41) is 20.4. The quantitative estimate of drug-likeness (QED) is 0.281. The maximum absolute atomic E-state index is 8.97. The molecule has 4 aromatic rings. The monoisotopic (exact) mass is 502 g/mol. The van der Waals surface area contributed by atoms with Gasteiger partial charge in [0.15, 0.2) is 0 Å². The minimum Gasteiger partial charge on any atom is -0.496 e. The number of methoxy groups -OCH3 is 2. The summed E-state index contributed by atoms with van der Waals surface area (Å²) in [6.07, 6.45) is 4.05. The number of benzene rings is 2. The first-order valence-electron chi connectivity index (χ1n) is 12.7. The third-order valence-corrected chi connectivity index (χ3v) is 6.91. The number of nitrogens with zero attached hydrogens (tertiary/aromatic N) is 4. The van der Waals surface area contributed by atoms with E-state index in [1.807, 2.05) is 47.0 Å². The van der Waals surface area contributed by atoms with Crippen LogP contribution in [-0.2, 0) is 0 Å². The molecule has 0 bridgehead atoms. The molecule has 2 aromatic carbocycles. The Morgan fingerprint density at radius 3 is 2.59 bits per heavy atom. The van der Waals surface area contributed by atoms with Crippen molar-refractivity contribution in [1.29, 1.82) is 0 Å². The summed E-state index contributed by atoms with van der Waals surface area (Å²) in [7, 11) is 3.35. The zero-order chi connectivity index (χ0) is 25.6. The van der Waals surface area contributed by atoms with Crippen LogP contribution in [0.4, 0.5) is 17.3 Å². The van der Waals surface area contributed by atoms with Crippen LogP contribution >= 0.6 is 0 Å². The zero-order valence-corrected chi connectivity index (χ0v) is 21.4. The lowest BCUT2D eigenvalue weighted by Gasteiger charge is -2.34. The fraction of sp³-hybridized carbons (Fsp3) is 0.357. The SMILES string of the molecule is COc1cc(N2CCC(CNCCO)CC2)ccc1Nc1ncc2ccc(-c3ccccc3OC)n2n1. The van der Waals surface area contributed by atoms with E-state index in [0.29, 0.717) is 18.4 Å². The van der Waals surface area contributed by atoms with Gasteiger partial charge in [-0.05, 0) is 61.7 Å². The number of anilines is 3. The smallest absolute Gasteiger partial charge is 0.245 e. The lowest BCUT2D eigenvalue weighted by molar-refractivity contribution is 0.283. The number of aliphatic hydroxyl groups excluding tert-OH is 1. The minimum absolute atomic E-state index is 0.187. The number of piperidine rings is 1. The van der Waals surface area contributed by atoms with Crippen LogP contribution in [0.2, 0.25) is 0 Å². The third kappa shape index (κ3) is 5.47. The van der Waals surface area contributed by atoms with Gasteiger partial charge in [0.25, 0.3) is 0 Å². The Morgan fingerprint density at radius 2 is 1.81 bits per heavy atom. The highest BCUT2D eigenvalue weighted by atomic mass is 16.5. The maximum atomic E-state index is 8.97. The Labute approximate surface area is 217 Å². The number of nitrogens with one attached hydrogen (secondary N) is 2. The van der Waals surface area contributed by atoms with Crippen molar-refractivity contribution >= 4 is 22.8 Å². The summed E-state index contributed by atoms with van der Waals surface area (Å²) >= 11 is 0. The van der Waals surface area contributed by atoms with Gasteiger partial charge in [0.05, 0.1) is 43.9 Å². The van der Waals surface area contributed by atoms with Crippen molar-refractivity contribution in [2.75, 3.05) is 57.2 Å². The van der Waals surface area contributed by atoms with Crippen molar-refractivity contribution in [2.45, 2.75) is 12.8 Å². The third-order valence-electron chi connectivity index (χ3n) is 6.91. The molecule has 2 aromatic heterocycles. The van der Waals surface area contributed by atoms with E-state index in [4.69, 9.17) is 19.7 Å². The van der Waals surface area contributed by atoms with Crippen LogP contribution in [0.1, 0.15) is 12.8 Å². The number of hydrogen-bond acceptors (Lipinski definition) is 8. The number of hydrogen-bond donors (Lipinski definition) is 3. The van der Waals surface area contributed by atoms with Crippen LogP contribution in [0, 0.1) is 5.92 Å². The molecule has 0 saturated carbocycles. The second-order valence-electron chi connectivity index (χ2n) is 9.21. The Balaban J connectivity index is 1.33. The molecule has 0 aliphatic carbocycles. The van der Waals surface area contributed by atoms with Crippen LogP contribution in [0.25, 0.3) is 16.8 Å². The van der Waals surface area contributed by atoms with Gasteiger partial charge < -0.3 is 30.1 Å². The highest BCUT2D eigenvalue weighted by Gasteiger charge is 2.20. The molecular formula is C28H34N6O3. The van der Waals surface area contributed by atoms with Crippen molar-refractivity contribution in [3.05, 3.63) is 60.8 Å². The topological polar surface area (TPSA) is 96.2 Å². The second kappa shape index (κ2) is 11.5. The molecule has 0 radical (unpaired) electrons. The molecule has 9 nitrogen and oxygen atoms in total. The average Bonchev–Trinajstić information content (AvgIpc) is 3.37. The second-order valence-corrected chi connectivity index (χ2v) is 9.21. The van der Waals surface area contributed by atoms with Crippen LogP contribution in [0.3, 0.4) is 0 Å². The number of ether oxygens (including phenoxy) is 2. The van der Waals surface area contributed by atoms with Gasteiger partial charge in [0.2, 0.25) is 5.95 Å². The number of fused-ring (bicyclic) bond motifs is 1. The van der Waals surface area contributed by atoms with Crippen LogP contribution in [0.5, 0.6) is 11.5 Å². The summed E-state index contributed by atoms with van der Waals surface area (Å²) in [6.45, 7) is 3.81. The first-order valence-corrected chi connectivity index (χ1v) is 12.7. The molecule has 3 N–H and O–H groups in total. The van der Waals surface area contributed by atoms with E-state index in [1.165, 1.54) is 0 Å². The minimum atomic E-state index is 0.187. The Morgan fingerprint density at radius 1 is 1.00 bits per heavy atom. The highest BCUT2D eigenvalue weighted by molar-refractivity contribution is 5.72. The lowest BCUT2D eigenvalue weighted by atomic mass is 9.96. The molecular weight excluding hydrogens is 468 g/mol. The van der Waals surface area contributed by atoms with Gasteiger partial charge in [-0.2, -0.15) is 0 Å². The highest BCUT2D eigenvalue weighted by Crippen LogP contribution is 2.34. The Kier molecular flexibility index (Phi) is 7.72. The molecule has 1 fully saturated rings. The van der Waals surface area contributed by atoms with E-state index in [1.54, 1.807) is 20.4 Å². The summed E-state index contributed by atoms with van der Waals surface area (Å²) in [5.41, 5.74) is 4.73. The molecule has 5 rings (SSSR count). The van der Waals surface area contributed by atoms with Crippen LogP contribution in [0.15, 0.2) is 60.8 Å². The molecule has 194 valence electrons. The lowest BCUT2D eigenvalue weighted by Crippen LogP contribution is -2.37. The summed E-state index contributed by atoms with van der Waals surface area (Å²) < 4.78 is 13.2. The van der Waals surface area contributed by atoms with Crippen molar-refractivity contribution < 1.29 is 14.6 Å². The molecule has 1 aliphatic heterocycles. The molecule has 0 atom stereocenters. The molecule has 1 aliphatic rings. The van der Waals surface area contributed by atoms with E-state index in [2.05, 4.69) is 32.7 Å². The van der Waals surface area contributed by atoms with Crippen molar-refractivity contribution in [3.8, 4) is 22.8 Å². The first-order chi connectivity index (χ1) is 18.2. The van der Waals surface area contributed by atoms with Gasteiger partial charge in [-0.15, -0.1) is 5.10 Å². The molecule has 0 unspecified atom stereocenters. The molecule has 0 spiro atoms. The predicted molar refractivity (Wildman–Crippen MR) is 146 cm³/mol. The fourth-order valence-corrected chi connectivity index (χ4v) is 4.90. The number of aromatic nitrogens is 3. The van der Waals surface area contributed by atoms with Crippen molar-refractivity contribution in [1.82, 2.24) is 19.9 Å². The van der Waals surface area contributed by atoms with E-state index >= 15 is 0 Å². The van der Waals surface area contributed by atoms with Gasteiger partial charge in [0, 0.05) is 37.0 Å². The van der Waals surface area contributed by atoms with Gasteiger partial charge in [0.1, 0.15) is 11.5 Å². The van der Waals surface area contributed by atoms with Gasteiger partial charge in [-0.25, -0.2) is 9.50 Å². The summed E-state index contributed by atoms with van der Waals surface area (Å²) in [6, 6.07) is 18.1. The van der Waals surface area contributed by atoms with Crippen LogP contribution < -0.4 is 25.0 Å². The number of aliphatic hydroxyl groups is 1. The molecule has 37 heavy (non-hydrogen) atoms. The Bertz CT molecular complexity index is 1330.